The van der Waals surface area contributed by atoms with E-state index in [0.717, 1.165) is 35.7 Å². The number of carbonyl (C=O) groups excluding carboxylic acids is 2. The summed E-state index contributed by atoms with van der Waals surface area (Å²) in [4.78, 5) is 27.7. The number of amides is 2. The van der Waals surface area contributed by atoms with Gasteiger partial charge in [-0.2, -0.15) is 0 Å². The van der Waals surface area contributed by atoms with Crippen LogP contribution in [0.2, 0.25) is 15.1 Å². The molecule has 0 aromatic heterocycles. The summed E-state index contributed by atoms with van der Waals surface area (Å²) in [5.74, 6) is -0.134. The monoisotopic (exact) mass is 574 g/mol. The number of ether oxygens (including phenoxy) is 1. The Hall–Kier alpha value is -1.47. The first-order valence-corrected chi connectivity index (χ1v) is 12.8. The zero-order valence-electron chi connectivity index (χ0n) is 18.3. The number of benzene rings is 2. The van der Waals surface area contributed by atoms with Crippen molar-refractivity contribution in [3.05, 3.63) is 61.5 Å². The van der Waals surface area contributed by atoms with Gasteiger partial charge in [-0.3, -0.25) is 9.59 Å². The van der Waals surface area contributed by atoms with Crippen molar-refractivity contribution in [2.45, 2.75) is 57.7 Å². The number of nitrogens with zero attached hydrogens (tertiary/aromatic N) is 1. The van der Waals surface area contributed by atoms with E-state index in [-0.39, 0.29) is 31.0 Å². The summed E-state index contributed by atoms with van der Waals surface area (Å²) in [5, 5.41) is 4.30. The molecule has 5 nitrogen and oxygen atoms in total. The lowest BCUT2D eigenvalue weighted by Crippen LogP contribution is -2.51. The summed E-state index contributed by atoms with van der Waals surface area (Å²) in [5.41, 5.74) is 0.761. The maximum Gasteiger partial charge on any atom is 0.261 e. The molecule has 2 amide bonds. The van der Waals surface area contributed by atoms with Crippen LogP contribution in [0.15, 0.2) is 40.9 Å². The summed E-state index contributed by atoms with van der Waals surface area (Å²) in [6, 6.07) is 9.75. The van der Waals surface area contributed by atoms with Crippen molar-refractivity contribution in [1.82, 2.24) is 10.2 Å². The first-order valence-electron chi connectivity index (χ1n) is 10.9. The Morgan fingerprint density at radius 3 is 2.45 bits per heavy atom. The number of halogens is 4. The van der Waals surface area contributed by atoms with E-state index in [1.165, 1.54) is 11.3 Å². The second-order valence-electron chi connectivity index (χ2n) is 8.15. The molecule has 2 aromatic carbocycles. The third-order valence-electron chi connectivity index (χ3n) is 5.70. The molecule has 178 valence electrons. The van der Waals surface area contributed by atoms with Gasteiger partial charge in [-0.25, -0.2) is 0 Å². The van der Waals surface area contributed by atoms with Crippen LogP contribution in [-0.4, -0.2) is 35.4 Å². The van der Waals surface area contributed by atoms with Crippen LogP contribution in [0, 0.1) is 0 Å². The lowest BCUT2D eigenvalue weighted by molar-refractivity contribution is -0.142. The molecule has 0 saturated heterocycles. The van der Waals surface area contributed by atoms with Crippen LogP contribution in [0.25, 0.3) is 0 Å². The van der Waals surface area contributed by atoms with E-state index in [1.54, 1.807) is 43.3 Å². The van der Waals surface area contributed by atoms with Crippen LogP contribution in [0.3, 0.4) is 0 Å². The van der Waals surface area contributed by atoms with Gasteiger partial charge in [0.1, 0.15) is 11.8 Å². The normalized spacial score (nSPS) is 15.1. The fourth-order valence-corrected chi connectivity index (χ4v) is 4.85. The summed E-state index contributed by atoms with van der Waals surface area (Å²) in [6.07, 6.45) is 5.33. The summed E-state index contributed by atoms with van der Waals surface area (Å²) < 4.78 is 6.48. The molecule has 1 atom stereocenters. The Morgan fingerprint density at radius 2 is 1.79 bits per heavy atom. The molecule has 1 fully saturated rings. The molecule has 0 radical (unpaired) electrons. The first kappa shape index (κ1) is 26.1. The van der Waals surface area contributed by atoms with Gasteiger partial charge in [0.15, 0.2) is 6.61 Å². The average molecular weight is 577 g/mol. The van der Waals surface area contributed by atoms with E-state index < -0.39 is 6.04 Å². The number of hydrogen-bond donors (Lipinski definition) is 1. The van der Waals surface area contributed by atoms with Crippen molar-refractivity contribution in [1.29, 1.82) is 0 Å². The fourth-order valence-electron chi connectivity index (χ4n) is 3.80. The van der Waals surface area contributed by atoms with Crippen LogP contribution >= 0.6 is 50.7 Å². The minimum atomic E-state index is -0.696. The highest BCUT2D eigenvalue weighted by Gasteiger charge is 2.28. The van der Waals surface area contributed by atoms with Gasteiger partial charge in [-0.1, -0.05) is 76.1 Å². The molecule has 1 N–H and O–H groups in total. The number of rotatable bonds is 8. The highest BCUT2D eigenvalue weighted by Crippen LogP contribution is 2.28. The number of carbonyl (C=O) groups is 2. The van der Waals surface area contributed by atoms with E-state index in [0.29, 0.717) is 20.8 Å². The summed E-state index contributed by atoms with van der Waals surface area (Å²) in [6.45, 7) is 1.65. The van der Waals surface area contributed by atoms with E-state index >= 15 is 0 Å². The van der Waals surface area contributed by atoms with Crippen molar-refractivity contribution < 1.29 is 14.3 Å². The molecule has 0 bridgehead atoms. The Morgan fingerprint density at radius 1 is 1.06 bits per heavy atom. The minimum Gasteiger partial charge on any atom is -0.482 e. The largest absolute Gasteiger partial charge is 0.482 e. The second-order valence-corrected chi connectivity index (χ2v) is 10.3. The minimum absolute atomic E-state index is 0.147. The van der Waals surface area contributed by atoms with E-state index in [9.17, 15) is 9.59 Å². The van der Waals surface area contributed by atoms with E-state index in [4.69, 9.17) is 39.5 Å². The zero-order chi connectivity index (χ0) is 24.0. The van der Waals surface area contributed by atoms with Crippen molar-refractivity contribution in [2.24, 2.45) is 0 Å². The van der Waals surface area contributed by atoms with Crippen LogP contribution in [0.4, 0.5) is 0 Å². The number of hydrogen-bond acceptors (Lipinski definition) is 3. The maximum atomic E-state index is 13.2. The Balaban J connectivity index is 1.74. The lowest BCUT2D eigenvalue weighted by Gasteiger charge is -2.31. The average Bonchev–Trinajstić information content (AvgIpc) is 2.79. The van der Waals surface area contributed by atoms with Gasteiger partial charge in [-0.15, -0.1) is 0 Å². The predicted molar refractivity (Wildman–Crippen MR) is 136 cm³/mol. The molecule has 0 spiro atoms. The highest BCUT2D eigenvalue weighted by molar-refractivity contribution is 9.10. The molecular formula is C24H26BrCl3N2O3. The molecule has 1 saturated carbocycles. The topological polar surface area (TPSA) is 58.6 Å². The molecule has 0 aliphatic heterocycles. The molecule has 2 aromatic rings. The zero-order valence-corrected chi connectivity index (χ0v) is 22.1. The number of nitrogens with one attached hydrogen (secondary N) is 1. The molecule has 1 unspecified atom stereocenters. The molecule has 0 heterocycles. The van der Waals surface area contributed by atoms with Gasteiger partial charge in [0, 0.05) is 17.1 Å². The third kappa shape index (κ3) is 7.51. The van der Waals surface area contributed by atoms with Gasteiger partial charge in [-0.05, 0) is 55.7 Å². The Kier molecular flexibility index (Phi) is 9.74. The molecular weight excluding hydrogens is 551 g/mol. The third-order valence-corrected chi connectivity index (χ3v) is 7.23. The Bertz CT molecular complexity index is 999. The van der Waals surface area contributed by atoms with Crippen LogP contribution in [-0.2, 0) is 16.1 Å². The van der Waals surface area contributed by atoms with Gasteiger partial charge >= 0.3 is 0 Å². The van der Waals surface area contributed by atoms with E-state index in [1.807, 2.05) is 0 Å². The molecule has 33 heavy (non-hydrogen) atoms. The standard InChI is InChI=1S/C24H26BrCl3N2O3/c1-15(24(32)29-18-5-3-2-4-6-18)30(13-16-7-9-19(26)20(27)11-16)23(31)14-33-22-10-8-17(25)12-21(22)28/h7-12,15,18H,2-6,13-14H2,1H3,(H,29,32). The van der Waals surface area contributed by atoms with E-state index in [2.05, 4.69) is 21.2 Å². The van der Waals surface area contributed by atoms with Crippen LogP contribution in [0.5, 0.6) is 5.75 Å². The highest BCUT2D eigenvalue weighted by atomic mass is 79.9. The lowest BCUT2D eigenvalue weighted by atomic mass is 9.95. The SMILES string of the molecule is CC(C(=O)NC1CCCCC1)N(Cc1ccc(Cl)c(Cl)c1)C(=O)COc1ccc(Br)cc1Cl. The van der Waals surface area contributed by atoms with Crippen LogP contribution in [0.1, 0.15) is 44.6 Å². The predicted octanol–water partition coefficient (Wildman–Crippen LogP) is 6.65. The quantitative estimate of drug-likeness (QED) is 0.383. The van der Waals surface area contributed by atoms with Gasteiger partial charge < -0.3 is 15.0 Å². The van der Waals surface area contributed by atoms with Crippen LogP contribution < -0.4 is 10.1 Å². The van der Waals surface area contributed by atoms with Gasteiger partial charge in [0.2, 0.25) is 5.91 Å². The maximum absolute atomic E-state index is 13.2. The second kappa shape index (κ2) is 12.3. The van der Waals surface area contributed by atoms with Gasteiger partial charge in [0.25, 0.3) is 5.91 Å². The van der Waals surface area contributed by atoms with Crippen molar-refractivity contribution in [3.8, 4) is 5.75 Å². The van der Waals surface area contributed by atoms with Gasteiger partial charge in [0.05, 0.1) is 15.1 Å². The fraction of sp³-hybridized carbons (Fsp3) is 0.417. The van der Waals surface area contributed by atoms with Crippen molar-refractivity contribution in [3.63, 3.8) is 0 Å². The summed E-state index contributed by atoms with van der Waals surface area (Å²) in [7, 11) is 0. The molecule has 1 aliphatic rings. The molecule has 1 aliphatic carbocycles. The van der Waals surface area contributed by atoms with Crippen molar-refractivity contribution >= 4 is 62.5 Å². The smallest absolute Gasteiger partial charge is 0.261 e. The first-order chi connectivity index (χ1) is 15.7. The van der Waals surface area contributed by atoms with Crippen molar-refractivity contribution in [2.75, 3.05) is 6.61 Å². The molecule has 9 heteroatoms. The Labute approximate surface area is 217 Å². The molecule has 3 rings (SSSR count). The summed E-state index contributed by atoms with van der Waals surface area (Å²) >= 11 is 21.7.